The van der Waals surface area contributed by atoms with Gasteiger partial charge in [0.25, 0.3) is 5.91 Å². The average molecular weight is 370 g/mol. The molecule has 0 bridgehead atoms. The number of benzene rings is 2. The maximum absolute atomic E-state index is 12.3. The normalized spacial score (nSPS) is 10.0. The van der Waals surface area contributed by atoms with Gasteiger partial charge < -0.3 is 20.1 Å². The lowest BCUT2D eigenvalue weighted by Gasteiger charge is -2.11. The van der Waals surface area contributed by atoms with E-state index < -0.39 is 17.8 Å². The van der Waals surface area contributed by atoms with E-state index >= 15 is 0 Å². The maximum Gasteiger partial charge on any atom is 0.338 e. The van der Waals surface area contributed by atoms with Gasteiger partial charge in [0.2, 0.25) is 5.91 Å². The van der Waals surface area contributed by atoms with E-state index in [9.17, 15) is 14.4 Å². The van der Waals surface area contributed by atoms with Crippen molar-refractivity contribution in [3.05, 3.63) is 59.7 Å². The summed E-state index contributed by atoms with van der Waals surface area (Å²) in [6.45, 7) is 4.03. The molecule has 2 amide bonds. The van der Waals surface area contributed by atoms with Crippen LogP contribution in [0.3, 0.4) is 0 Å². The van der Waals surface area contributed by atoms with Crippen molar-refractivity contribution in [1.29, 1.82) is 0 Å². The van der Waals surface area contributed by atoms with Crippen LogP contribution in [0.2, 0.25) is 0 Å². The Bertz CT molecular complexity index is 820. The summed E-state index contributed by atoms with van der Waals surface area (Å²) < 4.78 is 10.3. The highest BCUT2D eigenvalue weighted by Gasteiger charge is 2.13. The zero-order valence-electron chi connectivity index (χ0n) is 15.3. The number of amides is 2. The Kier molecular flexibility index (Phi) is 7.37. The van der Waals surface area contributed by atoms with Crippen molar-refractivity contribution >= 4 is 23.5 Å². The highest BCUT2D eigenvalue weighted by atomic mass is 16.5. The molecule has 0 aliphatic carbocycles. The Hall–Kier alpha value is -3.35. The Morgan fingerprint density at radius 1 is 0.963 bits per heavy atom. The van der Waals surface area contributed by atoms with Crippen molar-refractivity contribution in [2.45, 2.75) is 13.8 Å². The molecular weight excluding hydrogens is 348 g/mol. The maximum atomic E-state index is 12.3. The minimum Gasteiger partial charge on any atom is -0.493 e. The van der Waals surface area contributed by atoms with E-state index in [4.69, 9.17) is 9.47 Å². The summed E-state index contributed by atoms with van der Waals surface area (Å²) in [5, 5.41) is 5.19. The zero-order valence-corrected chi connectivity index (χ0v) is 15.3. The molecule has 0 aliphatic rings. The summed E-state index contributed by atoms with van der Waals surface area (Å²) in [5.41, 5.74) is 1.13. The third-order valence-corrected chi connectivity index (χ3v) is 3.50. The minimum absolute atomic E-state index is 0.219. The Morgan fingerprint density at radius 2 is 1.74 bits per heavy atom. The number of ether oxygens (including phenoxy) is 2. The molecule has 27 heavy (non-hydrogen) atoms. The second kappa shape index (κ2) is 9.96. The number of carbonyl (C=O) groups excluding carboxylic acids is 3. The predicted octanol–water partition coefficient (Wildman–Crippen LogP) is 2.63. The third-order valence-electron chi connectivity index (χ3n) is 3.50. The van der Waals surface area contributed by atoms with Crippen LogP contribution in [0.5, 0.6) is 5.75 Å². The van der Waals surface area contributed by atoms with Gasteiger partial charge in [-0.1, -0.05) is 18.2 Å². The van der Waals surface area contributed by atoms with Crippen molar-refractivity contribution in [1.82, 2.24) is 5.32 Å². The number of nitrogens with one attached hydrogen (secondary N) is 2. The molecule has 0 saturated heterocycles. The van der Waals surface area contributed by atoms with E-state index in [0.717, 1.165) is 0 Å². The van der Waals surface area contributed by atoms with E-state index in [1.165, 1.54) is 6.07 Å². The van der Waals surface area contributed by atoms with Gasteiger partial charge >= 0.3 is 5.97 Å². The molecule has 0 unspecified atom stereocenters. The molecule has 0 aliphatic heterocycles. The van der Waals surface area contributed by atoms with Crippen molar-refractivity contribution in [2.75, 3.05) is 25.1 Å². The van der Waals surface area contributed by atoms with Gasteiger partial charge in [-0.05, 0) is 44.2 Å². The number of para-hydroxylation sites is 1. The topological polar surface area (TPSA) is 93.7 Å². The molecular formula is C20H22N2O5. The van der Waals surface area contributed by atoms with Crippen LogP contribution in [-0.4, -0.2) is 37.5 Å². The number of hydrogen-bond donors (Lipinski definition) is 2. The molecule has 7 heteroatoms. The van der Waals surface area contributed by atoms with E-state index in [1.54, 1.807) is 49.4 Å². The SMILES string of the molecule is CCOC(=O)c1cccc(NC(=O)CNC(=O)c2ccccc2OCC)c1. The number of anilines is 1. The van der Waals surface area contributed by atoms with Gasteiger partial charge in [-0.15, -0.1) is 0 Å². The van der Waals surface area contributed by atoms with Crippen molar-refractivity contribution < 1.29 is 23.9 Å². The van der Waals surface area contributed by atoms with E-state index in [0.29, 0.717) is 29.2 Å². The van der Waals surface area contributed by atoms with Gasteiger partial charge in [0.05, 0.1) is 30.9 Å². The molecule has 0 spiro atoms. The lowest BCUT2D eigenvalue weighted by molar-refractivity contribution is -0.115. The lowest BCUT2D eigenvalue weighted by Crippen LogP contribution is -2.33. The lowest BCUT2D eigenvalue weighted by atomic mass is 10.2. The first kappa shape index (κ1) is 20.0. The van der Waals surface area contributed by atoms with Crippen LogP contribution in [0.25, 0.3) is 0 Å². The van der Waals surface area contributed by atoms with Crippen LogP contribution in [0.4, 0.5) is 5.69 Å². The Morgan fingerprint density at radius 3 is 2.48 bits per heavy atom. The quantitative estimate of drug-likeness (QED) is 0.697. The first-order valence-corrected chi connectivity index (χ1v) is 8.62. The molecule has 0 aromatic heterocycles. The van der Waals surface area contributed by atoms with Gasteiger partial charge in [-0.25, -0.2) is 4.79 Å². The smallest absolute Gasteiger partial charge is 0.338 e. The van der Waals surface area contributed by atoms with Crippen LogP contribution in [0.15, 0.2) is 48.5 Å². The summed E-state index contributed by atoms with van der Waals surface area (Å²) >= 11 is 0. The highest BCUT2D eigenvalue weighted by molar-refractivity contribution is 6.01. The Balaban J connectivity index is 1.94. The fraction of sp³-hybridized carbons (Fsp3) is 0.250. The third kappa shape index (κ3) is 5.85. The molecule has 0 saturated carbocycles. The molecule has 2 rings (SSSR count). The van der Waals surface area contributed by atoms with Crippen molar-refractivity contribution in [3.8, 4) is 5.75 Å². The van der Waals surface area contributed by atoms with Crippen LogP contribution >= 0.6 is 0 Å². The number of hydrogen-bond acceptors (Lipinski definition) is 5. The van der Waals surface area contributed by atoms with Gasteiger partial charge in [-0.2, -0.15) is 0 Å². The number of rotatable bonds is 8. The summed E-state index contributed by atoms with van der Waals surface area (Å²) in [6, 6.07) is 13.2. The van der Waals surface area contributed by atoms with Gasteiger partial charge in [0.1, 0.15) is 5.75 Å². The molecule has 2 aromatic carbocycles. The number of carbonyl (C=O) groups is 3. The largest absolute Gasteiger partial charge is 0.493 e. The van der Waals surface area contributed by atoms with Crippen LogP contribution < -0.4 is 15.4 Å². The van der Waals surface area contributed by atoms with Crippen LogP contribution in [0, 0.1) is 0 Å². The molecule has 0 radical (unpaired) electrons. The molecule has 2 aromatic rings. The molecule has 2 N–H and O–H groups in total. The molecule has 0 atom stereocenters. The fourth-order valence-electron chi connectivity index (χ4n) is 2.33. The molecule has 7 nitrogen and oxygen atoms in total. The van der Waals surface area contributed by atoms with E-state index in [-0.39, 0.29) is 13.2 Å². The van der Waals surface area contributed by atoms with E-state index in [2.05, 4.69) is 10.6 Å². The Labute approximate surface area is 157 Å². The van der Waals surface area contributed by atoms with E-state index in [1.807, 2.05) is 6.92 Å². The summed E-state index contributed by atoms with van der Waals surface area (Å²) in [4.78, 5) is 36.1. The van der Waals surface area contributed by atoms with Gasteiger partial charge in [-0.3, -0.25) is 9.59 Å². The fourth-order valence-corrected chi connectivity index (χ4v) is 2.33. The highest BCUT2D eigenvalue weighted by Crippen LogP contribution is 2.17. The minimum atomic E-state index is -0.463. The molecule has 142 valence electrons. The predicted molar refractivity (Wildman–Crippen MR) is 101 cm³/mol. The van der Waals surface area contributed by atoms with Gasteiger partial charge in [0, 0.05) is 5.69 Å². The van der Waals surface area contributed by atoms with Crippen LogP contribution in [0.1, 0.15) is 34.6 Å². The molecule has 0 heterocycles. The second-order valence-electron chi connectivity index (χ2n) is 5.46. The average Bonchev–Trinajstić information content (AvgIpc) is 2.67. The van der Waals surface area contributed by atoms with Crippen LogP contribution in [-0.2, 0) is 9.53 Å². The van der Waals surface area contributed by atoms with Crippen molar-refractivity contribution in [2.24, 2.45) is 0 Å². The standard InChI is InChI=1S/C20H22N2O5/c1-3-26-17-11-6-5-10-16(17)19(24)21-13-18(23)22-15-9-7-8-14(12-15)20(25)27-4-2/h5-12H,3-4,13H2,1-2H3,(H,21,24)(H,22,23). The number of esters is 1. The van der Waals surface area contributed by atoms with Gasteiger partial charge in [0.15, 0.2) is 0 Å². The first-order chi connectivity index (χ1) is 13.0. The monoisotopic (exact) mass is 370 g/mol. The summed E-state index contributed by atoms with van der Waals surface area (Å²) in [5.74, 6) is -0.831. The summed E-state index contributed by atoms with van der Waals surface area (Å²) in [6.07, 6.45) is 0. The van der Waals surface area contributed by atoms with Crippen molar-refractivity contribution in [3.63, 3.8) is 0 Å². The second-order valence-corrected chi connectivity index (χ2v) is 5.46. The zero-order chi connectivity index (χ0) is 19.6. The molecule has 0 fully saturated rings. The summed E-state index contributed by atoms with van der Waals surface area (Å²) in [7, 11) is 0. The first-order valence-electron chi connectivity index (χ1n) is 8.62.